The highest BCUT2D eigenvalue weighted by Gasteiger charge is 2.48. The Hall–Kier alpha value is -1.77. The number of rotatable bonds is 4. The van der Waals surface area contributed by atoms with Crippen LogP contribution >= 0.6 is 0 Å². The van der Waals surface area contributed by atoms with Gasteiger partial charge >= 0.3 is 21.6 Å². The number of ether oxygens (including phenoxy) is 1. The number of hydrogen-bond acceptors (Lipinski definition) is 5. The van der Waals surface area contributed by atoms with Gasteiger partial charge in [-0.25, -0.2) is 0 Å². The molecule has 0 spiro atoms. The number of halogens is 3. The van der Waals surface area contributed by atoms with Crippen molar-refractivity contribution in [3.05, 3.63) is 28.8 Å². The number of fused-ring (bicyclic) bond motifs is 1. The summed E-state index contributed by atoms with van der Waals surface area (Å²) in [6.45, 7) is 1.50. The van der Waals surface area contributed by atoms with Crippen molar-refractivity contribution >= 4 is 16.1 Å². The third kappa shape index (κ3) is 3.44. The van der Waals surface area contributed by atoms with Gasteiger partial charge in [0.15, 0.2) is 0 Å². The zero-order valence-corrected chi connectivity index (χ0v) is 13.3. The minimum absolute atomic E-state index is 0.0931. The van der Waals surface area contributed by atoms with Gasteiger partial charge in [0.1, 0.15) is 5.75 Å². The monoisotopic (exact) mass is 352 g/mol. The second-order valence-electron chi connectivity index (χ2n) is 5.26. The molecule has 0 saturated carbocycles. The molecule has 0 heterocycles. The van der Waals surface area contributed by atoms with Gasteiger partial charge in [0.2, 0.25) is 0 Å². The summed E-state index contributed by atoms with van der Waals surface area (Å²) in [5, 5.41) is 0. The van der Waals surface area contributed by atoms with E-state index in [-0.39, 0.29) is 24.1 Å². The minimum atomic E-state index is -5.70. The maximum Gasteiger partial charge on any atom is 0.534 e. The van der Waals surface area contributed by atoms with E-state index in [1.54, 1.807) is 0 Å². The molecule has 1 aromatic rings. The summed E-state index contributed by atoms with van der Waals surface area (Å²) >= 11 is 0. The van der Waals surface area contributed by atoms with E-state index in [2.05, 4.69) is 8.92 Å². The fraction of sp³-hybridized carbons (Fsp3) is 0.500. The molecule has 128 valence electrons. The first-order chi connectivity index (χ1) is 10.6. The molecule has 0 saturated heterocycles. The highest BCUT2D eigenvalue weighted by atomic mass is 32.2. The Bertz CT molecular complexity index is 725. The number of benzene rings is 1. The van der Waals surface area contributed by atoms with E-state index in [4.69, 9.17) is 0 Å². The van der Waals surface area contributed by atoms with Crippen LogP contribution in [0.4, 0.5) is 13.2 Å². The van der Waals surface area contributed by atoms with Crippen molar-refractivity contribution in [2.24, 2.45) is 0 Å². The summed E-state index contributed by atoms with van der Waals surface area (Å²) in [7, 11) is -4.42. The molecule has 0 aromatic heterocycles. The predicted octanol–water partition coefficient (Wildman–Crippen LogP) is 2.82. The topological polar surface area (TPSA) is 69.7 Å². The van der Waals surface area contributed by atoms with E-state index in [0.29, 0.717) is 24.0 Å². The van der Waals surface area contributed by atoms with E-state index in [1.165, 1.54) is 26.2 Å². The Kier molecular flexibility index (Phi) is 4.61. The van der Waals surface area contributed by atoms with E-state index in [0.717, 1.165) is 5.56 Å². The summed E-state index contributed by atoms with van der Waals surface area (Å²) < 4.78 is 68.3. The van der Waals surface area contributed by atoms with Gasteiger partial charge in [0, 0.05) is 0 Å². The lowest BCUT2D eigenvalue weighted by molar-refractivity contribution is -0.141. The highest BCUT2D eigenvalue weighted by molar-refractivity contribution is 7.88. The van der Waals surface area contributed by atoms with Crippen LogP contribution in [0.15, 0.2) is 12.1 Å². The van der Waals surface area contributed by atoms with Crippen molar-refractivity contribution < 1.29 is 35.3 Å². The van der Waals surface area contributed by atoms with Gasteiger partial charge in [-0.15, -0.1) is 0 Å². The number of hydrogen-bond donors (Lipinski definition) is 0. The lowest BCUT2D eigenvalue weighted by atomic mass is 9.96. The van der Waals surface area contributed by atoms with E-state index >= 15 is 0 Å². The molecule has 0 radical (unpaired) electrons. The minimum Gasteiger partial charge on any atom is -0.469 e. The molecule has 1 atom stereocenters. The largest absolute Gasteiger partial charge is 0.534 e. The normalized spacial score (nSPS) is 17.7. The van der Waals surface area contributed by atoms with Crippen LogP contribution in [0, 0.1) is 6.92 Å². The molecule has 9 heteroatoms. The van der Waals surface area contributed by atoms with Gasteiger partial charge in [0.25, 0.3) is 0 Å². The Morgan fingerprint density at radius 1 is 1.35 bits per heavy atom. The Balaban J connectivity index is 2.30. The molecule has 0 N–H and O–H groups in total. The Morgan fingerprint density at radius 2 is 2.00 bits per heavy atom. The molecule has 2 rings (SSSR count). The Labute approximate surface area is 131 Å². The first kappa shape index (κ1) is 17.6. The van der Waals surface area contributed by atoms with Crippen LogP contribution in [0.1, 0.15) is 35.4 Å². The third-order valence-corrected chi connectivity index (χ3v) is 4.86. The SMILES string of the molecule is COC(=O)CC1CCc2c1ccc(OS(=O)(=O)C(F)(F)F)c2C. The number of carbonyl (C=O) groups is 1. The quantitative estimate of drug-likeness (QED) is 0.473. The van der Waals surface area contributed by atoms with Gasteiger partial charge in [0.05, 0.1) is 13.5 Å². The number of methoxy groups -OCH3 is 1. The van der Waals surface area contributed by atoms with Crippen LogP contribution < -0.4 is 4.18 Å². The van der Waals surface area contributed by atoms with Gasteiger partial charge in [-0.1, -0.05) is 6.07 Å². The number of alkyl halides is 3. The van der Waals surface area contributed by atoms with E-state index < -0.39 is 15.6 Å². The summed E-state index contributed by atoms with van der Waals surface area (Å²) in [5.41, 5.74) is -3.62. The first-order valence-corrected chi connectivity index (χ1v) is 8.17. The van der Waals surface area contributed by atoms with Crippen LogP contribution in [-0.2, 0) is 26.1 Å². The predicted molar refractivity (Wildman–Crippen MR) is 74.5 cm³/mol. The van der Waals surface area contributed by atoms with Crippen molar-refractivity contribution in [2.75, 3.05) is 7.11 Å². The van der Waals surface area contributed by atoms with Gasteiger partial charge < -0.3 is 8.92 Å². The number of carbonyl (C=O) groups excluding carboxylic acids is 1. The second-order valence-corrected chi connectivity index (χ2v) is 6.79. The highest BCUT2D eigenvalue weighted by Crippen LogP contribution is 2.41. The molecule has 1 aromatic carbocycles. The first-order valence-electron chi connectivity index (χ1n) is 6.76. The molecular weight excluding hydrogens is 337 g/mol. The lowest BCUT2D eigenvalue weighted by Crippen LogP contribution is -2.28. The molecular formula is C14H15F3O5S. The van der Waals surface area contributed by atoms with Crippen molar-refractivity contribution in [2.45, 2.75) is 37.6 Å². The maximum absolute atomic E-state index is 12.4. The summed E-state index contributed by atoms with van der Waals surface area (Å²) in [6.07, 6.45) is 1.34. The van der Waals surface area contributed by atoms with E-state index in [1.807, 2.05) is 0 Å². The molecule has 23 heavy (non-hydrogen) atoms. The van der Waals surface area contributed by atoms with Crippen LogP contribution in [0.5, 0.6) is 5.75 Å². The number of esters is 1. The summed E-state index contributed by atoms with van der Waals surface area (Å²) in [6, 6.07) is 2.69. The summed E-state index contributed by atoms with van der Waals surface area (Å²) in [5.74, 6) is -0.815. The molecule has 1 aliphatic carbocycles. The average molecular weight is 352 g/mol. The van der Waals surface area contributed by atoms with Crippen molar-refractivity contribution in [3.8, 4) is 5.75 Å². The summed E-state index contributed by atoms with van der Waals surface area (Å²) in [4.78, 5) is 11.4. The van der Waals surface area contributed by atoms with Gasteiger partial charge in [-0.2, -0.15) is 21.6 Å². The van der Waals surface area contributed by atoms with Crippen molar-refractivity contribution in [1.82, 2.24) is 0 Å². The van der Waals surface area contributed by atoms with Gasteiger partial charge in [-0.05, 0) is 48.4 Å². The molecule has 1 unspecified atom stereocenters. The van der Waals surface area contributed by atoms with E-state index in [9.17, 15) is 26.4 Å². The molecule has 0 bridgehead atoms. The molecule has 1 aliphatic rings. The molecule has 5 nitrogen and oxygen atoms in total. The molecule has 0 amide bonds. The van der Waals surface area contributed by atoms with Crippen LogP contribution in [-0.4, -0.2) is 27.0 Å². The van der Waals surface area contributed by atoms with Crippen molar-refractivity contribution in [1.29, 1.82) is 0 Å². The van der Waals surface area contributed by atoms with Crippen LogP contribution in [0.2, 0.25) is 0 Å². The van der Waals surface area contributed by atoms with Crippen LogP contribution in [0.25, 0.3) is 0 Å². The fourth-order valence-electron chi connectivity index (χ4n) is 2.70. The van der Waals surface area contributed by atoms with Gasteiger partial charge in [-0.3, -0.25) is 4.79 Å². The zero-order chi connectivity index (χ0) is 17.4. The van der Waals surface area contributed by atoms with Crippen molar-refractivity contribution in [3.63, 3.8) is 0 Å². The molecule has 0 fully saturated rings. The smallest absolute Gasteiger partial charge is 0.469 e. The average Bonchev–Trinajstić information content (AvgIpc) is 2.84. The maximum atomic E-state index is 12.4. The van der Waals surface area contributed by atoms with Crippen LogP contribution in [0.3, 0.4) is 0 Å². The second kappa shape index (κ2) is 6.03. The fourth-order valence-corrected chi connectivity index (χ4v) is 3.21. The lowest BCUT2D eigenvalue weighted by Gasteiger charge is -2.15. The zero-order valence-electron chi connectivity index (χ0n) is 12.4. The standard InChI is InChI=1S/C14H15F3O5S/c1-8-10-4-3-9(7-13(18)21-2)11(10)5-6-12(8)22-23(19,20)14(15,16)17/h5-6,9H,3-4,7H2,1-2H3. The molecule has 0 aliphatic heterocycles. The Morgan fingerprint density at radius 3 is 2.57 bits per heavy atom. The third-order valence-electron chi connectivity index (χ3n) is 3.89.